The molecule has 0 aliphatic carbocycles. The molecule has 6 nitrogen and oxygen atoms in total. The molecule has 29 heavy (non-hydrogen) atoms. The maximum Gasteiger partial charge on any atom is 0.220 e. The molecule has 3 rings (SSSR count). The van der Waals surface area contributed by atoms with Crippen LogP contribution in [0.4, 0.5) is 0 Å². The van der Waals surface area contributed by atoms with Gasteiger partial charge >= 0.3 is 0 Å². The molecule has 1 unspecified atom stereocenters. The molecular formula is C23H27N5O. The molecule has 6 heteroatoms. The lowest BCUT2D eigenvalue weighted by Gasteiger charge is -2.16. The number of aryl methyl sites for hydroxylation is 4. The van der Waals surface area contributed by atoms with E-state index in [4.69, 9.17) is 0 Å². The first-order valence-electron chi connectivity index (χ1n) is 9.89. The summed E-state index contributed by atoms with van der Waals surface area (Å²) in [6.07, 6.45) is 3.32. The molecule has 2 heterocycles. The summed E-state index contributed by atoms with van der Waals surface area (Å²) < 4.78 is 1.68. The van der Waals surface area contributed by atoms with Gasteiger partial charge in [0.05, 0.1) is 6.20 Å². The molecule has 0 aliphatic rings. The van der Waals surface area contributed by atoms with Crippen LogP contribution in [0.5, 0.6) is 0 Å². The Kier molecular flexibility index (Phi) is 5.97. The van der Waals surface area contributed by atoms with Crippen molar-refractivity contribution < 1.29 is 4.79 Å². The second-order valence-electron chi connectivity index (χ2n) is 7.77. The molecule has 150 valence electrons. The molecule has 1 atom stereocenters. The maximum atomic E-state index is 12.5. The van der Waals surface area contributed by atoms with Gasteiger partial charge in [-0.1, -0.05) is 23.8 Å². The fourth-order valence-electron chi connectivity index (χ4n) is 3.79. The number of nitrogens with zero attached hydrogens (tertiary/aromatic N) is 4. The highest BCUT2D eigenvalue weighted by atomic mass is 16.1. The predicted octanol–water partition coefficient (Wildman–Crippen LogP) is 3.51. The Morgan fingerprint density at radius 1 is 1.28 bits per heavy atom. The average Bonchev–Trinajstić information content (AvgIpc) is 3.06. The minimum Gasteiger partial charge on any atom is -0.353 e. The van der Waals surface area contributed by atoms with E-state index in [9.17, 15) is 10.1 Å². The number of hydrogen-bond donors (Lipinski definition) is 1. The fraction of sp³-hybridized carbons (Fsp3) is 0.391. The number of rotatable bonds is 6. The van der Waals surface area contributed by atoms with Crippen LogP contribution < -0.4 is 5.32 Å². The van der Waals surface area contributed by atoms with Crippen LogP contribution in [0.2, 0.25) is 0 Å². The van der Waals surface area contributed by atoms with Gasteiger partial charge in [0, 0.05) is 23.9 Å². The molecule has 3 aromatic rings. The monoisotopic (exact) mass is 389 g/mol. The van der Waals surface area contributed by atoms with Crippen LogP contribution in [0, 0.1) is 39.0 Å². The molecule has 0 bridgehead atoms. The van der Waals surface area contributed by atoms with Crippen LogP contribution >= 0.6 is 0 Å². The molecular weight excluding hydrogens is 362 g/mol. The third-order valence-corrected chi connectivity index (χ3v) is 5.36. The van der Waals surface area contributed by atoms with Crippen molar-refractivity contribution in [2.45, 2.75) is 59.9 Å². The van der Waals surface area contributed by atoms with Gasteiger partial charge in [-0.25, -0.2) is 9.50 Å². The molecule has 1 amide bonds. The Balaban J connectivity index is 1.64. The van der Waals surface area contributed by atoms with Gasteiger partial charge in [-0.2, -0.15) is 10.4 Å². The van der Waals surface area contributed by atoms with Crippen molar-refractivity contribution in [2.24, 2.45) is 0 Å². The largest absolute Gasteiger partial charge is 0.353 e. The molecule has 1 aromatic carbocycles. The van der Waals surface area contributed by atoms with Crippen LogP contribution in [0.15, 0.2) is 24.4 Å². The number of fused-ring (bicyclic) bond motifs is 1. The van der Waals surface area contributed by atoms with Crippen molar-refractivity contribution >= 4 is 11.6 Å². The lowest BCUT2D eigenvalue weighted by Crippen LogP contribution is -2.34. The van der Waals surface area contributed by atoms with Gasteiger partial charge in [0.2, 0.25) is 5.91 Å². The van der Waals surface area contributed by atoms with Gasteiger partial charge < -0.3 is 5.32 Å². The summed E-state index contributed by atoms with van der Waals surface area (Å²) in [7, 11) is 0. The number of hydrogen-bond acceptors (Lipinski definition) is 4. The van der Waals surface area contributed by atoms with Crippen molar-refractivity contribution in [1.82, 2.24) is 19.9 Å². The Labute approximate surface area is 171 Å². The first kappa shape index (κ1) is 20.5. The third-order valence-electron chi connectivity index (χ3n) is 5.36. The zero-order valence-corrected chi connectivity index (χ0v) is 17.7. The SMILES string of the molecule is Cc1ccc(CC(C)NC(=O)CCc2c(C)nc3c(C#N)cnn3c2C)c(C)c1. The molecule has 0 spiro atoms. The fourth-order valence-corrected chi connectivity index (χ4v) is 3.79. The van der Waals surface area contributed by atoms with E-state index in [1.54, 1.807) is 4.52 Å². The van der Waals surface area contributed by atoms with E-state index in [2.05, 4.69) is 53.5 Å². The number of nitrogens with one attached hydrogen (secondary N) is 1. The smallest absolute Gasteiger partial charge is 0.220 e. The molecule has 0 aliphatic heterocycles. The van der Waals surface area contributed by atoms with Crippen LogP contribution in [-0.4, -0.2) is 26.5 Å². The highest BCUT2D eigenvalue weighted by Gasteiger charge is 2.16. The highest BCUT2D eigenvalue weighted by molar-refractivity contribution is 5.76. The van der Waals surface area contributed by atoms with Gasteiger partial charge in [-0.05, 0) is 64.2 Å². The molecule has 2 aromatic heterocycles. The van der Waals surface area contributed by atoms with E-state index in [0.29, 0.717) is 24.1 Å². The summed E-state index contributed by atoms with van der Waals surface area (Å²) in [6.45, 7) is 10.1. The van der Waals surface area contributed by atoms with Crippen molar-refractivity contribution in [1.29, 1.82) is 5.26 Å². The number of carbonyl (C=O) groups excluding carboxylic acids is 1. The zero-order chi connectivity index (χ0) is 21.1. The van der Waals surface area contributed by atoms with E-state index >= 15 is 0 Å². The van der Waals surface area contributed by atoms with Crippen molar-refractivity contribution in [3.63, 3.8) is 0 Å². The molecule has 0 radical (unpaired) electrons. The summed E-state index contributed by atoms with van der Waals surface area (Å²) in [5.41, 5.74) is 7.55. The highest BCUT2D eigenvalue weighted by Crippen LogP contribution is 2.18. The van der Waals surface area contributed by atoms with Crippen LogP contribution in [-0.2, 0) is 17.6 Å². The summed E-state index contributed by atoms with van der Waals surface area (Å²) in [5, 5.41) is 16.5. The van der Waals surface area contributed by atoms with Crippen LogP contribution in [0.3, 0.4) is 0 Å². The lowest BCUT2D eigenvalue weighted by atomic mass is 9.99. The topological polar surface area (TPSA) is 83.1 Å². The standard InChI is InChI=1S/C23H27N5O/c1-14-6-7-19(15(2)10-14)11-16(3)26-22(29)9-8-21-17(4)27-23-20(12-24)13-25-28(23)18(21)5/h6-7,10,13,16H,8-9,11H2,1-5H3,(H,26,29). The van der Waals surface area contributed by atoms with E-state index in [-0.39, 0.29) is 11.9 Å². The minimum atomic E-state index is 0.0272. The normalized spacial score (nSPS) is 12.0. The zero-order valence-electron chi connectivity index (χ0n) is 17.7. The van der Waals surface area contributed by atoms with Crippen molar-refractivity contribution in [3.8, 4) is 6.07 Å². The maximum absolute atomic E-state index is 12.5. The predicted molar refractivity (Wildman–Crippen MR) is 113 cm³/mol. The molecule has 1 N–H and O–H groups in total. The van der Waals surface area contributed by atoms with Gasteiger partial charge in [-0.3, -0.25) is 4.79 Å². The van der Waals surface area contributed by atoms with E-state index in [1.165, 1.54) is 22.9 Å². The first-order chi connectivity index (χ1) is 13.8. The Morgan fingerprint density at radius 2 is 2.03 bits per heavy atom. The molecule has 0 saturated carbocycles. The van der Waals surface area contributed by atoms with Gasteiger partial charge in [0.25, 0.3) is 0 Å². The van der Waals surface area contributed by atoms with Gasteiger partial charge in [-0.15, -0.1) is 0 Å². The third kappa shape index (κ3) is 4.45. The summed E-state index contributed by atoms with van der Waals surface area (Å²) in [4.78, 5) is 17.0. The number of aromatic nitrogens is 3. The number of amides is 1. The van der Waals surface area contributed by atoms with Crippen LogP contribution in [0.25, 0.3) is 5.65 Å². The van der Waals surface area contributed by atoms with E-state index in [0.717, 1.165) is 23.4 Å². The van der Waals surface area contributed by atoms with E-state index in [1.807, 2.05) is 20.8 Å². The minimum absolute atomic E-state index is 0.0272. The Morgan fingerprint density at radius 3 is 2.72 bits per heavy atom. The number of carbonyl (C=O) groups is 1. The van der Waals surface area contributed by atoms with Gasteiger partial charge in [0.15, 0.2) is 5.65 Å². The second-order valence-corrected chi connectivity index (χ2v) is 7.77. The Hall–Kier alpha value is -3.20. The number of benzene rings is 1. The molecule has 0 saturated heterocycles. The lowest BCUT2D eigenvalue weighted by molar-refractivity contribution is -0.121. The summed E-state index contributed by atoms with van der Waals surface area (Å²) >= 11 is 0. The molecule has 0 fully saturated rings. The first-order valence-corrected chi connectivity index (χ1v) is 9.89. The van der Waals surface area contributed by atoms with E-state index < -0.39 is 0 Å². The summed E-state index contributed by atoms with van der Waals surface area (Å²) in [5.74, 6) is 0.0272. The van der Waals surface area contributed by atoms with Gasteiger partial charge in [0.1, 0.15) is 11.6 Å². The second kappa shape index (κ2) is 8.44. The number of nitriles is 1. The van der Waals surface area contributed by atoms with Crippen molar-refractivity contribution in [3.05, 3.63) is 63.6 Å². The quantitative estimate of drug-likeness (QED) is 0.699. The van der Waals surface area contributed by atoms with Crippen LogP contribution in [0.1, 0.15) is 52.5 Å². The van der Waals surface area contributed by atoms with Crippen molar-refractivity contribution in [2.75, 3.05) is 0 Å². The summed E-state index contributed by atoms with van der Waals surface area (Å²) in [6, 6.07) is 8.60. The average molecular weight is 390 g/mol. The Bertz CT molecular complexity index is 1110.